The van der Waals surface area contributed by atoms with Gasteiger partial charge in [-0.05, 0) is 35.2 Å². The Morgan fingerprint density at radius 1 is 1.04 bits per heavy atom. The van der Waals surface area contributed by atoms with Crippen molar-refractivity contribution in [3.63, 3.8) is 0 Å². The number of Topliss-reactive ketones (excluding diaryl/α,β-unsaturated/α-hetero) is 3. The number of nitrogens with one attached hydrogen (secondary N) is 2. The molecule has 0 fully saturated rings. The van der Waals surface area contributed by atoms with Gasteiger partial charge in [-0.25, -0.2) is 0 Å². The van der Waals surface area contributed by atoms with Crippen molar-refractivity contribution in [2.24, 2.45) is 0 Å². The molecule has 3 aromatic rings. The van der Waals surface area contributed by atoms with Crippen molar-refractivity contribution in [1.82, 2.24) is 25.6 Å². The highest BCUT2D eigenvalue weighted by atomic mass is 16.2. The van der Waals surface area contributed by atoms with E-state index in [4.69, 9.17) is 0 Å². The summed E-state index contributed by atoms with van der Waals surface area (Å²) in [6.07, 6.45) is 4.03. The average Bonchev–Trinajstić information content (AvgIpc) is 3.27. The van der Waals surface area contributed by atoms with Gasteiger partial charge in [-0.15, -0.1) is 10.2 Å². The zero-order valence-electron chi connectivity index (χ0n) is 13.4. The van der Waals surface area contributed by atoms with Gasteiger partial charge in [0, 0.05) is 24.4 Å². The topological polar surface area (TPSA) is 121 Å². The summed E-state index contributed by atoms with van der Waals surface area (Å²) in [5.41, 5.74) is 3.30. The summed E-state index contributed by atoms with van der Waals surface area (Å²) in [6.45, 7) is 1.52. The lowest BCUT2D eigenvalue weighted by Gasteiger charge is -2.04. The van der Waals surface area contributed by atoms with Crippen LogP contribution in [0.4, 0.5) is 0 Å². The van der Waals surface area contributed by atoms with E-state index in [1.807, 2.05) is 12.1 Å². The van der Waals surface area contributed by atoms with E-state index in [0.29, 0.717) is 12.0 Å². The number of aromatic nitrogens is 5. The van der Waals surface area contributed by atoms with E-state index in [-0.39, 0.29) is 18.0 Å². The molecule has 2 N–H and O–H groups in total. The molecule has 25 heavy (non-hydrogen) atoms. The molecule has 0 aliphatic carbocycles. The number of carbonyl (C=O) groups is 3. The Kier molecular flexibility index (Phi) is 4.60. The van der Waals surface area contributed by atoms with Crippen molar-refractivity contribution in [2.75, 3.05) is 0 Å². The number of nitrogens with zero attached hydrogens (tertiary/aromatic N) is 3. The fourth-order valence-electron chi connectivity index (χ4n) is 2.47. The van der Waals surface area contributed by atoms with Crippen LogP contribution in [0.5, 0.6) is 0 Å². The third-order valence-electron chi connectivity index (χ3n) is 3.84. The second kappa shape index (κ2) is 7.00. The van der Waals surface area contributed by atoms with E-state index < -0.39 is 11.6 Å². The number of hydrogen-bond acceptors (Lipinski definition) is 6. The third kappa shape index (κ3) is 3.74. The van der Waals surface area contributed by atoms with Crippen LogP contribution >= 0.6 is 0 Å². The highest BCUT2D eigenvalue weighted by Gasteiger charge is 2.22. The molecule has 0 atom stereocenters. The molecule has 0 amide bonds. The van der Waals surface area contributed by atoms with Gasteiger partial charge in [0.15, 0.2) is 5.78 Å². The number of ketones is 3. The molecule has 3 rings (SSSR count). The second-order valence-electron chi connectivity index (χ2n) is 5.60. The molecular formula is C17H15N5O3. The molecule has 0 aliphatic rings. The predicted octanol–water partition coefficient (Wildman–Crippen LogP) is 1.32. The number of rotatable bonds is 7. The number of carbonyl (C=O) groups excluding carboxylic acids is 3. The summed E-state index contributed by atoms with van der Waals surface area (Å²) in [7, 11) is 0. The lowest BCUT2D eigenvalue weighted by atomic mass is 9.99. The second-order valence-corrected chi connectivity index (χ2v) is 5.60. The highest BCUT2D eigenvalue weighted by Crippen LogP contribution is 2.16. The van der Waals surface area contributed by atoms with Crippen molar-refractivity contribution in [3.05, 3.63) is 64.7 Å². The summed E-state index contributed by atoms with van der Waals surface area (Å²) in [6, 6.07) is 7.30. The molecule has 1 aromatic carbocycles. The number of aromatic amines is 2. The van der Waals surface area contributed by atoms with Crippen LogP contribution in [-0.2, 0) is 17.6 Å². The summed E-state index contributed by atoms with van der Waals surface area (Å²) >= 11 is 0. The van der Waals surface area contributed by atoms with Gasteiger partial charge < -0.3 is 4.98 Å². The Balaban J connectivity index is 1.71. The zero-order valence-corrected chi connectivity index (χ0v) is 13.4. The van der Waals surface area contributed by atoms with Crippen LogP contribution in [0.1, 0.15) is 44.6 Å². The van der Waals surface area contributed by atoms with Crippen molar-refractivity contribution < 1.29 is 14.4 Å². The van der Waals surface area contributed by atoms with Gasteiger partial charge in [-0.1, -0.05) is 24.3 Å². The summed E-state index contributed by atoms with van der Waals surface area (Å²) in [5, 5.41) is 12.5. The van der Waals surface area contributed by atoms with Crippen LogP contribution in [0, 0.1) is 0 Å². The van der Waals surface area contributed by atoms with Gasteiger partial charge in [-0.3, -0.25) is 14.4 Å². The average molecular weight is 337 g/mol. The largest absolute Gasteiger partial charge is 0.367 e. The maximum atomic E-state index is 12.1. The molecule has 2 heterocycles. The minimum Gasteiger partial charge on any atom is -0.367 e. The number of tetrazole rings is 1. The maximum Gasteiger partial charge on any atom is 0.269 e. The molecule has 2 aromatic heterocycles. The van der Waals surface area contributed by atoms with Crippen LogP contribution in [0.25, 0.3) is 0 Å². The quantitative estimate of drug-likeness (QED) is 0.495. The molecule has 8 nitrogen and oxygen atoms in total. The monoisotopic (exact) mass is 337 g/mol. The third-order valence-corrected chi connectivity index (χ3v) is 3.84. The van der Waals surface area contributed by atoms with Gasteiger partial charge in [0.1, 0.15) is 0 Å². The van der Waals surface area contributed by atoms with Crippen LogP contribution < -0.4 is 0 Å². The number of benzene rings is 1. The first kappa shape index (κ1) is 16.4. The smallest absolute Gasteiger partial charge is 0.269 e. The van der Waals surface area contributed by atoms with Crippen molar-refractivity contribution >= 4 is 17.3 Å². The van der Waals surface area contributed by atoms with Crippen LogP contribution in [0.2, 0.25) is 0 Å². The molecule has 0 radical (unpaired) electrons. The minimum atomic E-state index is -0.772. The number of H-pyrrole nitrogens is 2. The van der Waals surface area contributed by atoms with E-state index in [1.54, 1.807) is 24.5 Å². The Morgan fingerprint density at radius 3 is 2.40 bits per heavy atom. The van der Waals surface area contributed by atoms with Gasteiger partial charge in [0.2, 0.25) is 11.6 Å². The Labute approximate surface area is 142 Å². The van der Waals surface area contributed by atoms with Crippen LogP contribution in [-0.4, -0.2) is 43.0 Å². The molecule has 0 bridgehead atoms. The van der Waals surface area contributed by atoms with Crippen molar-refractivity contribution in [3.8, 4) is 0 Å². The minimum absolute atomic E-state index is 0.0134. The van der Waals surface area contributed by atoms with E-state index in [2.05, 4.69) is 25.6 Å². The summed E-state index contributed by atoms with van der Waals surface area (Å²) in [4.78, 5) is 38.3. The normalized spacial score (nSPS) is 10.6. The van der Waals surface area contributed by atoms with Gasteiger partial charge >= 0.3 is 0 Å². The Bertz CT molecular complexity index is 910. The van der Waals surface area contributed by atoms with Gasteiger partial charge in [0.05, 0.1) is 0 Å². The first-order valence-corrected chi connectivity index (χ1v) is 7.60. The van der Waals surface area contributed by atoms with Crippen LogP contribution in [0.3, 0.4) is 0 Å². The Morgan fingerprint density at radius 2 is 1.76 bits per heavy atom. The molecular weight excluding hydrogens is 322 g/mol. The van der Waals surface area contributed by atoms with Crippen molar-refractivity contribution in [1.29, 1.82) is 0 Å². The molecule has 0 saturated carbocycles. The van der Waals surface area contributed by atoms with Crippen LogP contribution in [0.15, 0.2) is 36.7 Å². The van der Waals surface area contributed by atoms with E-state index in [0.717, 1.165) is 16.7 Å². The molecule has 0 aliphatic heterocycles. The number of hydrogen-bond donors (Lipinski definition) is 2. The fourth-order valence-corrected chi connectivity index (χ4v) is 2.47. The van der Waals surface area contributed by atoms with Gasteiger partial charge in [-0.2, -0.15) is 5.21 Å². The first-order chi connectivity index (χ1) is 12.0. The lowest BCUT2D eigenvalue weighted by Crippen LogP contribution is -2.18. The van der Waals surface area contributed by atoms with Crippen molar-refractivity contribution in [2.45, 2.75) is 19.8 Å². The first-order valence-electron chi connectivity index (χ1n) is 7.60. The summed E-state index contributed by atoms with van der Waals surface area (Å²) in [5.74, 6) is -1.60. The molecule has 0 saturated heterocycles. The maximum absolute atomic E-state index is 12.1. The lowest BCUT2D eigenvalue weighted by molar-refractivity contribution is -0.114. The molecule has 0 spiro atoms. The molecule has 8 heteroatoms. The summed E-state index contributed by atoms with van der Waals surface area (Å²) < 4.78 is 0. The Hall–Kier alpha value is -3.42. The fraction of sp³-hybridized carbons (Fsp3) is 0.176. The standard InChI is InChI=1S/C17H15N5O3/c1-10(23)12-4-2-11(3-5-12)6-13-8-18-9-14(13)7-15(24)16(25)17-19-21-22-20-17/h2-5,8-9,18H,6-7H2,1H3,(H,19,20,21,22). The van der Waals surface area contributed by atoms with Gasteiger partial charge in [0.25, 0.3) is 5.78 Å². The zero-order chi connectivity index (χ0) is 17.8. The SMILES string of the molecule is CC(=O)c1ccc(Cc2c[nH]cc2CC(=O)C(=O)c2nn[nH]n2)cc1. The van der Waals surface area contributed by atoms with E-state index in [1.165, 1.54) is 6.92 Å². The highest BCUT2D eigenvalue weighted by molar-refractivity contribution is 6.43. The molecule has 126 valence electrons. The molecule has 0 unspecified atom stereocenters. The predicted molar refractivity (Wildman–Crippen MR) is 87.3 cm³/mol. The van der Waals surface area contributed by atoms with E-state index in [9.17, 15) is 14.4 Å². The van der Waals surface area contributed by atoms with E-state index >= 15 is 0 Å².